The lowest BCUT2D eigenvalue weighted by Crippen LogP contribution is -2.35. The van der Waals surface area contributed by atoms with Crippen molar-refractivity contribution in [3.05, 3.63) is 34.9 Å². The molecule has 0 heterocycles. The van der Waals surface area contributed by atoms with Crippen molar-refractivity contribution in [2.75, 3.05) is 13.1 Å². The van der Waals surface area contributed by atoms with Crippen LogP contribution < -0.4 is 0 Å². The number of likely N-dealkylation sites (N-methyl/N-ethyl adjacent to an activating group) is 1. The van der Waals surface area contributed by atoms with Gasteiger partial charge in [0.25, 0.3) is 0 Å². The van der Waals surface area contributed by atoms with Crippen molar-refractivity contribution >= 4 is 23.5 Å². The highest BCUT2D eigenvalue weighted by molar-refractivity contribution is 6.31. The standard InChI is InChI=1S/C13H16ClNO4/c1-2-15(8-7-11(16)17)12(13(18)19)9-5-3-4-6-10(9)14/h3-6,12H,2,7-8H2,1H3,(H,16,17)(H,18,19). The van der Waals surface area contributed by atoms with Crippen LogP contribution in [0.5, 0.6) is 0 Å². The van der Waals surface area contributed by atoms with E-state index in [0.29, 0.717) is 17.1 Å². The fraction of sp³-hybridized carbons (Fsp3) is 0.385. The monoisotopic (exact) mass is 285 g/mol. The van der Waals surface area contributed by atoms with Gasteiger partial charge in [-0.05, 0) is 18.2 Å². The van der Waals surface area contributed by atoms with E-state index < -0.39 is 18.0 Å². The van der Waals surface area contributed by atoms with Crippen LogP contribution in [0.2, 0.25) is 5.02 Å². The summed E-state index contributed by atoms with van der Waals surface area (Å²) in [6.45, 7) is 2.37. The Morgan fingerprint density at radius 2 is 1.95 bits per heavy atom. The van der Waals surface area contributed by atoms with E-state index in [4.69, 9.17) is 16.7 Å². The number of halogens is 1. The van der Waals surface area contributed by atoms with E-state index in [9.17, 15) is 14.7 Å². The molecule has 104 valence electrons. The topological polar surface area (TPSA) is 77.8 Å². The highest BCUT2D eigenvalue weighted by Crippen LogP contribution is 2.27. The summed E-state index contributed by atoms with van der Waals surface area (Å²) < 4.78 is 0. The maximum Gasteiger partial charge on any atom is 0.325 e. The number of nitrogens with zero attached hydrogens (tertiary/aromatic N) is 1. The van der Waals surface area contributed by atoms with Crippen LogP contribution in [-0.2, 0) is 9.59 Å². The third kappa shape index (κ3) is 4.22. The van der Waals surface area contributed by atoms with E-state index in [-0.39, 0.29) is 13.0 Å². The van der Waals surface area contributed by atoms with Crippen LogP contribution in [0.1, 0.15) is 24.9 Å². The molecule has 0 amide bonds. The molecule has 6 heteroatoms. The zero-order valence-corrected chi connectivity index (χ0v) is 11.3. The average Bonchev–Trinajstić information content (AvgIpc) is 2.35. The van der Waals surface area contributed by atoms with Crippen LogP contribution in [0.3, 0.4) is 0 Å². The van der Waals surface area contributed by atoms with Gasteiger partial charge in [-0.1, -0.05) is 36.7 Å². The molecular weight excluding hydrogens is 270 g/mol. The second-order valence-electron chi connectivity index (χ2n) is 4.03. The van der Waals surface area contributed by atoms with Crippen molar-refractivity contribution < 1.29 is 19.8 Å². The van der Waals surface area contributed by atoms with Crippen LogP contribution in [0.15, 0.2) is 24.3 Å². The zero-order chi connectivity index (χ0) is 14.4. The molecule has 1 aromatic rings. The van der Waals surface area contributed by atoms with E-state index in [2.05, 4.69) is 0 Å². The van der Waals surface area contributed by atoms with Gasteiger partial charge >= 0.3 is 11.9 Å². The lowest BCUT2D eigenvalue weighted by atomic mass is 10.0. The van der Waals surface area contributed by atoms with E-state index >= 15 is 0 Å². The lowest BCUT2D eigenvalue weighted by Gasteiger charge is -2.27. The summed E-state index contributed by atoms with van der Waals surface area (Å²) >= 11 is 6.02. The van der Waals surface area contributed by atoms with Gasteiger partial charge in [0.15, 0.2) is 0 Å². The molecule has 5 nitrogen and oxygen atoms in total. The normalized spacial score (nSPS) is 12.4. The Labute approximate surface area is 116 Å². The number of rotatable bonds is 7. The van der Waals surface area contributed by atoms with Crippen molar-refractivity contribution in [2.45, 2.75) is 19.4 Å². The Bertz CT molecular complexity index is 464. The first-order valence-electron chi connectivity index (χ1n) is 5.90. The van der Waals surface area contributed by atoms with Crippen LogP contribution in [0.4, 0.5) is 0 Å². The molecular formula is C13H16ClNO4. The highest BCUT2D eigenvalue weighted by atomic mass is 35.5. The van der Waals surface area contributed by atoms with Gasteiger partial charge in [-0.15, -0.1) is 0 Å². The Kier molecular flexibility index (Phi) is 5.79. The van der Waals surface area contributed by atoms with Crippen LogP contribution in [-0.4, -0.2) is 40.1 Å². The fourth-order valence-electron chi connectivity index (χ4n) is 1.89. The third-order valence-corrected chi connectivity index (χ3v) is 3.16. The largest absolute Gasteiger partial charge is 0.481 e. The predicted molar refractivity (Wildman–Crippen MR) is 71.3 cm³/mol. The molecule has 0 aliphatic heterocycles. The average molecular weight is 286 g/mol. The molecule has 1 aromatic carbocycles. The first kappa shape index (κ1) is 15.5. The number of carbonyl (C=O) groups is 2. The second-order valence-corrected chi connectivity index (χ2v) is 4.44. The molecule has 1 rings (SSSR count). The highest BCUT2D eigenvalue weighted by Gasteiger charge is 2.28. The fourth-order valence-corrected chi connectivity index (χ4v) is 2.13. The minimum atomic E-state index is -1.04. The van der Waals surface area contributed by atoms with E-state index in [0.717, 1.165) is 0 Å². The Balaban J connectivity index is 3.02. The molecule has 0 saturated heterocycles. The van der Waals surface area contributed by atoms with E-state index in [1.165, 1.54) is 0 Å². The number of aliphatic carboxylic acids is 2. The lowest BCUT2D eigenvalue weighted by molar-refractivity contribution is -0.145. The Morgan fingerprint density at radius 1 is 1.32 bits per heavy atom. The molecule has 1 atom stereocenters. The summed E-state index contributed by atoms with van der Waals surface area (Å²) in [5.41, 5.74) is 0.476. The van der Waals surface area contributed by atoms with Crippen molar-refractivity contribution in [3.8, 4) is 0 Å². The maximum atomic E-state index is 11.4. The molecule has 0 aromatic heterocycles. The summed E-state index contributed by atoms with van der Waals surface area (Å²) in [4.78, 5) is 23.6. The van der Waals surface area contributed by atoms with E-state index in [1.54, 1.807) is 36.1 Å². The van der Waals surface area contributed by atoms with Crippen LogP contribution in [0, 0.1) is 0 Å². The molecule has 0 spiro atoms. The van der Waals surface area contributed by atoms with Gasteiger partial charge in [-0.2, -0.15) is 0 Å². The Hall–Kier alpha value is -1.59. The number of hydrogen-bond donors (Lipinski definition) is 2. The quantitative estimate of drug-likeness (QED) is 0.803. The first-order valence-corrected chi connectivity index (χ1v) is 6.28. The summed E-state index contributed by atoms with van der Waals surface area (Å²) in [5, 5.41) is 18.4. The van der Waals surface area contributed by atoms with Gasteiger partial charge in [-0.3, -0.25) is 14.5 Å². The molecule has 0 fully saturated rings. The zero-order valence-electron chi connectivity index (χ0n) is 10.5. The van der Waals surface area contributed by atoms with Crippen molar-refractivity contribution in [1.82, 2.24) is 4.90 Å². The SMILES string of the molecule is CCN(CCC(=O)O)C(C(=O)O)c1ccccc1Cl. The smallest absolute Gasteiger partial charge is 0.325 e. The number of hydrogen-bond acceptors (Lipinski definition) is 3. The maximum absolute atomic E-state index is 11.4. The van der Waals surface area contributed by atoms with Crippen molar-refractivity contribution in [2.24, 2.45) is 0 Å². The van der Waals surface area contributed by atoms with E-state index in [1.807, 2.05) is 0 Å². The second kappa shape index (κ2) is 7.11. The van der Waals surface area contributed by atoms with Crippen molar-refractivity contribution in [3.63, 3.8) is 0 Å². The van der Waals surface area contributed by atoms with Gasteiger partial charge < -0.3 is 10.2 Å². The summed E-state index contributed by atoms with van der Waals surface area (Å²) in [7, 11) is 0. The predicted octanol–water partition coefficient (Wildman–Crippen LogP) is 2.26. The minimum absolute atomic E-state index is 0.109. The molecule has 0 aliphatic rings. The summed E-state index contributed by atoms with van der Waals surface area (Å²) in [6.07, 6.45) is -0.109. The first-order chi connectivity index (χ1) is 8.97. The molecule has 1 unspecified atom stereocenters. The van der Waals surface area contributed by atoms with Gasteiger partial charge in [0, 0.05) is 11.6 Å². The van der Waals surface area contributed by atoms with Gasteiger partial charge in [0.2, 0.25) is 0 Å². The molecule has 0 bridgehead atoms. The summed E-state index contributed by atoms with van der Waals surface area (Å²) in [6, 6.07) is 5.76. The van der Waals surface area contributed by atoms with Crippen molar-refractivity contribution in [1.29, 1.82) is 0 Å². The van der Waals surface area contributed by atoms with Gasteiger partial charge in [-0.25, -0.2) is 0 Å². The number of benzene rings is 1. The van der Waals surface area contributed by atoms with Crippen LogP contribution >= 0.6 is 11.6 Å². The molecule has 19 heavy (non-hydrogen) atoms. The van der Waals surface area contributed by atoms with Gasteiger partial charge in [0.05, 0.1) is 6.42 Å². The molecule has 0 aliphatic carbocycles. The minimum Gasteiger partial charge on any atom is -0.481 e. The summed E-state index contributed by atoms with van der Waals surface area (Å²) in [5.74, 6) is -2.00. The van der Waals surface area contributed by atoms with Crippen LogP contribution in [0.25, 0.3) is 0 Å². The van der Waals surface area contributed by atoms with Gasteiger partial charge in [0.1, 0.15) is 6.04 Å². The molecule has 0 saturated carbocycles. The third-order valence-electron chi connectivity index (χ3n) is 2.82. The molecule has 0 radical (unpaired) electrons. The Morgan fingerprint density at radius 3 is 2.42 bits per heavy atom. The number of carboxylic acids is 2. The molecule has 2 N–H and O–H groups in total. The number of carboxylic acid groups (broad SMARTS) is 2.